The van der Waals surface area contributed by atoms with Gasteiger partial charge in [-0.15, -0.1) is 0 Å². The van der Waals surface area contributed by atoms with Crippen LogP contribution in [0.25, 0.3) is 0 Å². The Morgan fingerprint density at radius 3 is 3.16 bits per heavy atom. The van der Waals surface area contributed by atoms with E-state index in [4.69, 9.17) is 16.3 Å². The van der Waals surface area contributed by atoms with Gasteiger partial charge in [0, 0.05) is 25.7 Å². The lowest BCUT2D eigenvalue weighted by atomic mass is 10.2. The molecule has 0 aliphatic carbocycles. The fourth-order valence-corrected chi connectivity index (χ4v) is 2.53. The van der Waals surface area contributed by atoms with E-state index >= 15 is 0 Å². The Kier molecular flexibility index (Phi) is 5.07. The minimum Gasteiger partial charge on any atom is -0.483 e. The SMILES string of the molecule is C[C@H]1CN(C(=O)COc2cccc(Cl)c2Br)CCN1. The third kappa shape index (κ3) is 3.84. The largest absolute Gasteiger partial charge is 0.483 e. The van der Waals surface area contributed by atoms with Gasteiger partial charge in [-0.05, 0) is 35.0 Å². The summed E-state index contributed by atoms with van der Waals surface area (Å²) in [6.45, 7) is 4.37. The van der Waals surface area contributed by atoms with E-state index in [0.717, 1.165) is 19.6 Å². The van der Waals surface area contributed by atoms with Gasteiger partial charge in [-0.1, -0.05) is 17.7 Å². The van der Waals surface area contributed by atoms with Crippen molar-refractivity contribution in [2.45, 2.75) is 13.0 Å². The van der Waals surface area contributed by atoms with Crippen molar-refractivity contribution in [3.8, 4) is 5.75 Å². The van der Waals surface area contributed by atoms with E-state index in [2.05, 4.69) is 28.2 Å². The van der Waals surface area contributed by atoms with Crippen LogP contribution in [0.1, 0.15) is 6.92 Å². The molecule has 1 aliphatic rings. The van der Waals surface area contributed by atoms with Crippen molar-refractivity contribution >= 4 is 33.4 Å². The Labute approximate surface area is 126 Å². The third-order valence-electron chi connectivity index (χ3n) is 2.99. The molecular formula is C13H16BrClN2O2. The monoisotopic (exact) mass is 346 g/mol. The van der Waals surface area contributed by atoms with Crippen LogP contribution in [0.3, 0.4) is 0 Å². The van der Waals surface area contributed by atoms with Crippen molar-refractivity contribution in [3.05, 3.63) is 27.7 Å². The van der Waals surface area contributed by atoms with Crippen molar-refractivity contribution in [3.63, 3.8) is 0 Å². The molecule has 1 saturated heterocycles. The molecule has 0 aromatic heterocycles. The first-order valence-corrected chi connectivity index (χ1v) is 7.33. The van der Waals surface area contributed by atoms with Gasteiger partial charge in [0.2, 0.25) is 0 Å². The second-order valence-corrected chi connectivity index (χ2v) is 5.74. The number of carbonyl (C=O) groups is 1. The highest BCUT2D eigenvalue weighted by Gasteiger charge is 2.20. The number of amides is 1. The van der Waals surface area contributed by atoms with Crippen molar-refractivity contribution in [2.24, 2.45) is 0 Å². The van der Waals surface area contributed by atoms with E-state index in [1.165, 1.54) is 0 Å². The standard InChI is InChI=1S/C13H16BrClN2O2/c1-9-7-17(6-5-16-9)12(18)8-19-11-4-2-3-10(15)13(11)14/h2-4,9,16H,5-8H2,1H3/t9-/m0/s1. The summed E-state index contributed by atoms with van der Waals surface area (Å²) >= 11 is 9.31. The van der Waals surface area contributed by atoms with E-state index in [1.54, 1.807) is 18.2 Å². The fraction of sp³-hybridized carbons (Fsp3) is 0.462. The van der Waals surface area contributed by atoms with Crippen molar-refractivity contribution in [1.29, 1.82) is 0 Å². The Morgan fingerprint density at radius 1 is 1.63 bits per heavy atom. The number of hydrogen-bond acceptors (Lipinski definition) is 3. The van der Waals surface area contributed by atoms with Crippen molar-refractivity contribution in [1.82, 2.24) is 10.2 Å². The van der Waals surface area contributed by atoms with E-state index in [1.807, 2.05) is 4.90 Å². The summed E-state index contributed by atoms with van der Waals surface area (Å²) in [6, 6.07) is 5.66. The van der Waals surface area contributed by atoms with Gasteiger partial charge < -0.3 is 15.0 Å². The summed E-state index contributed by atoms with van der Waals surface area (Å²) in [5, 5.41) is 3.87. The van der Waals surface area contributed by atoms with Gasteiger partial charge in [0.1, 0.15) is 5.75 Å². The summed E-state index contributed by atoms with van der Waals surface area (Å²) in [5.74, 6) is 0.587. The highest BCUT2D eigenvalue weighted by molar-refractivity contribution is 9.10. The molecule has 1 heterocycles. The van der Waals surface area contributed by atoms with Gasteiger partial charge in [-0.25, -0.2) is 0 Å². The number of nitrogens with one attached hydrogen (secondary N) is 1. The van der Waals surface area contributed by atoms with Crippen LogP contribution in [-0.4, -0.2) is 43.1 Å². The normalized spacial score (nSPS) is 19.3. The predicted molar refractivity (Wildman–Crippen MR) is 78.7 cm³/mol. The lowest BCUT2D eigenvalue weighted by molar-refractivity contribution is -0.134. The number of hydrogen-bond donors (Lipinski definition) is 1. The second kappa shape index (κ2) is 6.59. The molecule has 0 unspecified atom stereocenters. The molecule has 2 rings (SSSR count). The highest BCUT2D eigenvalue weighted by atomic mass is 79.9. The number of rotatable bonds is 3. The maximum Gasteiger partial charge on any atom is 0.260 e. The third-order valence-corrected chi connectivity index (χ3v) is 4.35. The molecule has 1 amide bonds. The highest BCUT2D eigenvalue weighted by Crippen LogP contribution is 2.31. The smallest absolute Gasteiger partial charge is 0.260 e. The van der Waals surface area contributed by atoms with Crippen LogP contribution >= 0.6 is 27.5 Å². The molecule has 104 valence electrons. The molecule has 1 aromatic carbocycles. The first-order chi connectivity index (χ1) is 9.08. The van der Waals surface area contributed by atoms with E-state index in [9.17, 15) is 4.79 Å². The predicted octanol–water partition coefficient (Wildman–Crippen LogP) is 2.30. The minimum absolute atomic E-state index is 0.000209. The number of ether oxygens (including phenoxy) is 1. The minimum atomic E-state index is 0.000209. The zero-order valence-electron chi connectivity index (χ0n) is 10.7. The quantitative estimate of drug-likeness (QED) is 0.912. The van der Waals surface area contributed by atoms with Crippen LogP contribution in [0.5, 0.6) is 5.75 Å². The molecule has 19 heavy (non-hydrogen) atoms. The van der Waals surface area contributed by atoms with Crippen LogP contribution in [0.2, 0.25) is 5.02 Å². The van der Waals surface area contributed by atoms with Gasteiger partial charge in [0.05, 0.1) is 9.50 Å². The number of halogens is 2. The van der Waals surface area contributed by atoms with Gasteiger partial charge in [0.15, 0.2) is 6.61 Å². The Morgan fingerprint density at radius 2 is 2.42 bits per heavy atom. The van der Waals surface area contributed by atoms with E-state index in [0.29, 0.717) is 21.3 Å². The zero-order valence-corrected chi connectivity index (χ0v) is 13.0. The molecule has 0 saturated carbocycles. The summed E-state index contributed by atoms with van der Waals surface area (Å²) < 4.78 is 6.20. The maximum atomic E-state index is 12.0. The summed E-state index contributed by atoms with van der Waals surface area (Å²) in [4.78, 5) is 13.9. The van der Waals surface area contributed by atoms with Crippen LogP contribution in [0, 0.1) is 0 Å². The van der Waals surface area contributed by atoms with Crippen LogP contribution in [0.15, 0.2) is 22.7 Å². The molecular weight excluding hydrogens is 332 g/mol. The van der Waals surface area contributed by atoms with E-state index in [-0.39, 0.29) is 12.5 Å². The van der Waals surface area contributed by atoms with Gasteiger partial charge in [0.25, 0.3) is 5.91 Å². The van der Waals surface area contributed by atoms with Crippen LogP contribution in [0.4, 0.5) is 0 Å². The lowest BCUT2D eigenvalue weighted by Crippen LogP contribution is -2.52. The molecule has 6 heteroatoms. The Hall–Kier alpha value is -0.780. The number of piperazine rings is 1. The number of nitrogens with zero attached hydrogens (tertiary/aromatic N) is 1. The number of carbonyl (C=O) groups excluding carboxylic acids is 1. The molecule has 4 nitrogen and oxygen atoms in total. The molecule has 0 bridgehead atoms. The number of benzene rings is 1. The fourth-order valence-electron chi connectivity index (χ4n) is 1.99. The first-order valence-electron chi connectivity index (χ1n) is 6.16. The average molecular weight is 348 g/mol. The summed E-state index contributed by atoms with van der Waals surface area (Å²) in [6.07, 6.45) is 0. The van der Waals surface area contributed by atoms with Gasteiger partial charge in [-0.2, -0.15) is 0 Å². The van der Waals surface area contributed by atoms with E-state index < -0.39 is 0 Å². The van der Waals surface area contributed by atoms with Gasteiger partial charge in [-0.3, -0.25) is 4.79 Å². The topological polar surface area (TPSA) is 41.6 Å². The summed E-state index contributed by atoms with van der Waals surface area (Å²) in [5.41, 5.74) is 0. The average Bonchev–Trinajstić information content (AvgIpc) is 2.40. The molecule has 0 radical (unpaired) electrons. The lowest BCUT2D eigenvalue weighted by Gasteiger charge is -2.31. The Bertz CT molecular complexity index is 470. The first kappa shape index (κ1) is 14.6. The molecule has 1 aromatic rings. The van der Waals surface area contributed by atoms with Crippen molar-refractivity contribution in [2.75, 3.05) is 26.2 Å². The summed E-state index contributed by atoms with van der Waals surface area (Å²) in [7, 11) is 0. The molecule has 1 atom stereocenters. The molecule has 1 aliphatic heterocycles. The maximum absolute atomic E-state index is 12.0. The van der Waals surface area contributed by atoms with Crippen LogP contribution in [-0.2, 0) is 4.79 Å². The Balaban J connectivity index is 1.91. The van der Waals surface area contributed by atoms with Crippen molar-refractivity contribution < 1.29 is 9.53 Å². The molecule has 1 fully saturated rings. The second-order valence-electron chi connectivity index (χ2n) is 4.54. The van der Waals surface area contributed by atoms with Gasteiger partial charge >= 0.3 is 0 Å². The molecule has 0 spiro atoms. The van der Waals surface area contributed by atoms with Crippen LogP contribution < -0.4 is 10.1 Å². The molecule has 1 N–H and O–H groups in total. The zero-order chi connectivity index (χ0) is 13.8.